The molecular formula is C10H11N3O. The molecule has 0 unspecified atom stereocenters. The smallest absolute Gasteiger partial charge is 0.197 e. The fourth-order valence-corrected chi connectivity index (χ4v) is 1.20. The minimum absolute atomic E-state index is 0.423. The molecule has 0 fully saturated rings. The van der Waals surface area contributed by atoms with Crippen LogP contribution in [0.5, 0.6) is 0 Å². The second-order valence-electron chi connectivity index (χ2n) is 3.02. The third-order valence-corrected chi connectivity index (χ3v) is 1.92. The maximum atomic E-state index is 5.47. The lowest BCUT2D eigenvalue weighted by molar-refractivity contribution is 0.557. The highest BCUT2D eigenvalue weighted by Gasteiger charge is 2.00. The summed E-state index contributed by atoms with van der Waals surface area (Å²) in [5.41, 5.74) is 7.41. The molecule has 2 aromatic heterocycles. The Morgan fingerprint density at radius 1 is 1.64 bits per heavy atom. The number of H-pyrrole nitrogens is 1. The highest BCUT2D eigenvalue weighted by Crippen LogP contribution is 2.16. The average molecular weight is 189 g/mol. The summed E-state index contributed by atoms with van der Waals surface area (Å²) in [6.07, 6.45) is 5.26. The Bertz CT molecular complexity index is 440. The van der Waals surface area contributed by atoms with Crippen LogP contribution in [0.3, 0.4) is 0 Å². The number of hydrogen-bond acceptors (Lipinski definition) is 3. The first-order valence-electron chi connectivity index (χ1n) is 4.28. The molecule has 3 N–H and O–H groups in total. The summed E-state index contributed by atoms with van der Waals surface area (Å²) in [5.74, 6) is 1.24. The van der Waals surface area contributed by atoms with Gasteiger partial charge in [0.25, 0.3) is 0 Å². The number of allylic oxidation sites excluding steroid dienone is 1. The van der Waals surface area contributed by atoms with E-state index in [0.717, 1.165) is 17.0 Å². The van der Waals surface area contributed by atoms with E-state index in [1.54, 1.807) is 12.5 Å². The normalized spacial score (nSPS) is 11.9. The molecule has 2 rings (SSSR count). The van der Waals surface area contributed by atoms with Crippen molar-refractivity contribution in [2.45, 2.75) is 6.92 Å². The topological polar surface area (TPSA) is 67.8 Å². The second kappa shape index (κ2) is 3.41. The number of nitrogen functional groups attached to an aromatic ring is 1. The van der Waals surface area contributed by atoms with E-state index in [0.29, 0.717) is 5.95 Å². The minimum Gasteiger partial charge on any atom is -0.465 e. The number of nitrogens with one attached hydrogen (secondary N) is 1. The van der Waals surface area contributed by atoms with Gasteiger partial charge in [-0.2, -0.15) is 0 Å². The van der Waals surface area contributed by atoms with Gasteiger partial charge in [-0.1, -0.05) is 0 Å². The highest BCUT2D eigenvalue weighted by atomic mass is 16.3. The molecule has 4 heteroatoms. The van der Waals surface area contributed by atoms with E-state index in [-0.39, 0.29) is 0 Å². The lowest BCUT2D eigenvalue weighted by Crippen LogP contribution is -1.86. The lowest BCUT2D eigenvalue weighted by atomic mass is 10.2. The Morgan fingerprint density at radius 3 is 3.07 bits per heavy atom. The molecule has 0 aromatic carbocycles. The Labute approximate surface area is 81.5 Å². The molecule has 0 atom stereocenters. The zero-order valence-electron chi connectivity index (χ0n) is 7.82. The van der Waals surface area contributed by atoms with Gasteiger partial charge in [0.2, 0.25) is 0 Å². The molecule has 0 spiro atoms. The van der Waals surface area contributed by atoms with E-state index in [2.05, 4.69) is 9.97 Å². The zero-order chi connectivity index (χ0) is 9.97. The number of furan rings is 1. The standard InChI is InChI=1S/C10H11N3O/c1-7(5-8-3-2-4-14-8)9-6-12-10(11)13-9/h2-6H,1H3,(H3,11,12,13)/b7-5+. The summed E-state index contributed by atoms with van der Waals surface area (Å²) in [6.45, 7) is 1.97. The summed E-state index contributed by atoms with van der Waals surface area (Å²) in [7, 11) is 0. The maximum Gasteiger partial charge on any atom is 0.197 e. The van der Waals surface area contributed by atoms with Crippen LogP contribution in [0.15, 0.2) is 29.0 Å². The first-order valence-corrected chi connectivity index (χ1v) is 4.28. The monoisotopic (exact) mass is 189 g/mol. The van der Waals surface area contributed by atoms with Crippen molar-refractivity contribution in [3.05, 3.63) is 36.0 Å². The van der Waals surface area contributed by atoms with Crippen LogP contribution in [0.4, 0.5) is 5.95 Å². The summed E-state index contributed by atoms with van der Waals surface area (Å²) in [4.78, 5) is 6.86. The van der Waals surface area contributed by atoms with Gasteiger partial charge in [0.1, 0.15) is 5.76 Å². The predicted molar refractivity (Wildman–Crippen MR) is 55.3 cm³/mol. The molecule has 0 aliphatic heterocycles. The van der Waals surface area contributed by atoms with Crippen LogP contribution >= 0.6 is 0 Å². The number of nitrogens with two attached hydrogens (primary N) is 1. The van der Waals surface area contributed by atoms with Gasteiger partial charge in [-0.25, -0.2) is 4.98 Å². The van der Waals surface area contributed by atoms with Crippen molar-refractivity contribution in [2.24, 2.45) is 0 Å². The molecule has 0 saturated heterocycles. The summed E-state index contributed by atoms with van der Waals surface area (Å²) in [5, 5.41) is 0. The van der Waals surface area contributed by atoms with Crippen molar-refractivity contribution in [1.29, 1.82) is 0 Å². The van der Waals surface area contributed by atoms with E-state index in [1.165, 1.54) is 0 Å². The Hall–Kier alpha value is -1.97. The quantitative estimate of drug-likeness (QED) is 0.760. The van der Waals surface area contributed by atoms with Crippen molar-refractivity contribution < 1.29 is 4.42 Å². The predicted octanol–water partition coefficient (Wildman–Crippen LogP) is 2.15. The van der Waals surface area contributed by atoms with E-state index in [4.69, 9.17) is 10.2 Å². The molecule has 0 bridgehead atoms. The minimum atomic E-state index is 0.423. The van der Waals surface area contributed by atoms with E-state index in [1.807, 2.05) is 25.1 Å². The van der Waals surface area contributed by atoms with Crippen molar-refractivity contribution in [2.75, 3.05) is 5.73 Å². The molecule has 0 aliphatic carbocycles. The van der Waals surface area contributed by atoms with Gasteiger partial charge >= 0.3 is 0 Å². The van der Waals surface area contributed by atoms with E-state index >= 15 is 0 Å². The molecule has 14 heavy (non-hydrogen) atoms. The van der Waals surface area contributed by atoms with Crippen molar-refractivity contribution in [1.82, 2.24) is 9.97 Å². The van der Waals surface area contributed by atoms with Crippen LogP contribution < -0.4 is 5.73 Å². The Morgan fingerprint density at radius 2 is 2.50 bits per heavy atom. The van der Waals surface area contributed by atoms with Crippen LogP contribution in [0.1, 0.15) is 18.4 Å². The molecule has 72 valence electrons. The van der Waals surface area contributed by atoms with E-state index < -0.39 is 0 Å². The van der Waals surface area contributed by atoms with Gasteiger partial charge in [0, 0.05) is 0 Å². The lowest BCUT2D eigenvalue weighted by Gasteiger charge is -1.94. The molecule has 0 saturated carbocycles. The van der Waals surface area contributed by atoms with Crippen LogP contribution in [0.25, 0.3) is 11.6 Å². The first-order chi connectivity index (χ1) is 6.75. The SMILES string of the molecule is C/C(=C\c1ccco1)c1cnc(N)[nH]1. The number of nitrogens with zero attached hydrogens (tertiary/aromatic N) is 1. The fraction of sp³-hybridized carbons (Fsp3) is 0.100. The first kappa shape index (κ1) is 8.62. The molecule has 0 aliphatic rings. The van der Waals surface area contributed by atoms with Gasteiger partial charge in [-0.3, -0.25) is 0 Å². The van der Waals surface area contributed by atoms with Gasteiger partial charge in [-0.15, -0.1) is 0 Å². The Balaban J connectivity index is 2.28. The molecule has 0 radical (unpaired) electrons. The summed E-state index contributed by atoms with van der Waals surface area (Å²) >= 11 is 0. The molecule has 4 nitrogen and oxygen atoms in total. The van der Waals surface area contributed by atoms with Crippen LogP contribution in [0, 0.1) is 0 Å². The maximum absolute atomic E-state index is 5.47. The van der Waals surface area contributed by atoms with Crippen molar-refractivity contribution in [3.63, 3.8) is 0 Å². The Kier molecular flexibility index (Phi) is 2.10. The number of rotatable bonds is 2. The average Bonchev–Trinajstić information content (AvgIpc) is 2.75. The van der Waals surface area contributed by atoms with Gasteiger partial charge in [0.05, 0.1) is 18.2 Å². The molecule has 0 amide bonds. The van der Waals surface area contributed by atoms with Gasteiger partial charge in [0.15, 0.2) is 5.95 Å². The summed E-state index contributed by atoms with van der Waals surface area (Å²) in [6, 6.07) is 3.74. The second-order valence-corrected chi connectivity index (χ2v) is 3.02. The number of anilines is 1. The largest absolute Gasteiger partial charge is 0.465 e. The molecular weight excluding hydrogens is 178 g/mol. The van der Waals surface area contributed by atoms with E-state index in [9.17, 15) is 0 Å². The van der Waals surface area contributed by atoms with Crippen LogP contribution in [-0.4, -0.2) is 9.97 Å². The van der Waals surface area contributed by atoms with Crippen molar-refractivity contribution in [3.8, 4) is 0 Å². The zero-order valence-corrected chi connectivity index (χ0v) is 7.82. The molecule has 2 aromatic rings. The number of imidazole rings is 1. The third-order valence-electron chi connectivity index (χ3n) is 1.92. The van der Waals surface area contributed by atoms with Crippen molar-refractivity contribution >= 4 is 17.6 Å². The van der Waals surface area contributed by atoms with Crippen LogP contribution in [-0.2, 0) is 0 Å². The number of aromatic nitrogens is 2. The van der Waals surface area contributed by atoms with Gasteiger partial charge in [-0.05, 0) is 30.7 Å². The number of hydrogen-bond donors (Lipinski definition) is 2. The molecule has 2 heterocycles. The summed E-state index contributed by atoms with van der Waals surface area (Å²) < 4.78 is 5.19. The third kappa shape index (κ3) is 1.69. The number of aromatic amines is 1. The fourth-order valence-electron chi connectivity index (χ4n) is 1.20. The highest BCUT2D eigenvalue weighted by molar-refractivity contribution is 5.77. The van der Waals surface area contributed by atoms with Gasteiger partial charge < -0.3 is 15.1 Å². The van der Waals surface area contributed by atoms with Crippen LogP contribution in [0.2, 0.25) is 0 Å².